The molecule has 0 aromatic heterocycles. The van der Waals surface area contributed by atoms with Crippen LogP contribution in [0.15, 0.2) is 0 Å². The second-order valence-corrected chi connectivity index (χ2v) is 0.658. The summed E-state index contributed by atoms with van der Waals surface area (Å²) in [6.45, 7) is 1.16. The zero-order valence-corrected chi connectivity index (χ0v) is 5.28. The van der Waals surface area contributed by atoms with Gasteiger partial charge >= 0.3 is 22.4 Å². The molecule has 0 fully saturated rings. The minimum Gasteiger partial charge on any atom is -0.534 e. The van der Waals surface area contributed by atoms with E-state index in [2.05, 4.69) is 0 Å². The van der Waals surface area contributed by atoms with E-state index >= 15 is 0 Å². The number of carbonyl (C=O) groups excluding carboxylic acids is 2. The molecule has 0 amide bonds. The number of hydrogen-bond donors (Lipinski definition) is 0. The summed E-state index contributed by atoms with van der Waals surface area (Å²) >= 11 is 0. The van der Waals surface area contributed by atoms with Gasteiger partial charge in [0.25, 0.3) is 0 Å². The molecule has 0 aromatic rings. The van der Waals surface area contributed by atoms with Gasteiger partial charge in [-0.1, -0.05) is 0 Å². The monoisotopic (exact) mass is 268 g/mol. The average Bonchev–Trinajstić information content (AvgIpc) is 1.38. The van der Waals surface area contributed by atoms with Crippen LogP contribution in [-0.4, -0.2) is 12.1 Å². The van der Waals surface area contributed by atoms with Crippen LogP contribution in [0.1, 0.15) is 6.92 Å². The van der Waals surface area contributed by atoms with Gasteiger partial charge in [-0.25, -0.2) is 0 Å². The van der Waals surface area contributed by atoms with E-state index < -0.39 is 5.78 Å². The Balaban J connectivity index is 0. The summed E-state index contributed by atoms with van der Waals surface area (Å²) in [5.74, 6) is -0.551. The van der Waals surface area contributed by atoms with E-state index in [1.54, 1.807) is 0 Å². The van der Waals surface area contributed by atoms with Gasteiger partial charge in [0.1, 0.15) is 0 Å². The van der Waals surface area contributed by atoms with Crippen molar-refractivity contribution in [1.82, 2.24) is 0 Å². The van der Waals surface area contributed by atoms with Gasteiger partial charge in [-0.05, 0) is 6.92 Å². The van der Waals surface area contributed by atoms with Crippen molar-refractivity contribution in [2.45, 2.75) is 6.92 Å². The maximum atomic E-state index is 9.39. The van der Waals surface area contributed by atoms with Crippen molar-refractivity contribution in [3.8, 4) is 0 Å². The average molecular weight is 268 g/mol. The van der Waals surface area contributed by atoms with Gasteiger partial charge in [0.15, 0.2) is 0 Å². The molecule has 38 valence electrons. The molecule has 0 aliphatic carbocycles. The molecule has 0 saturated carbocycles. The van der Waals surface area contributed by atoms with E-state index in [9.17, 15) is 4.79 Å². The number of hydrogen-bond acceptors (Lipinski definition) is 2. The fourth-order valence-corrected chi connectivity index (χ4v) is 0. The molecule has 3 heteroatoms. The number of carbonyl (C=O) groups is 1. The van der Waals surface area contributed by atoms with Crippen LogP contribution in [0.3, 0.4) is 0 Å². The minimum atomic E-state index is -0.551. The molecule has 0 rings (SSSR count). The zero-order chi connectivity index (χ0) is 4.28. The molecule has 0 heterocycles. The van der Waals surface area contributed by atoms with Crippen LogP contribution in [0.25, 0.3) is 0 Å². The van der Waals surface area contributed by atoms with E-state index in [0.29, 0.717) is 0 Å². The standard InChI is InChI=1S/C3H3O2.Au/c1-3(5)2-4;/h1H3;/q-1;+1. The largest absolute Gasteiger partial charge is 1.00 e. The van der Waals surface area contributed by atoms with Crippen molar-refractivity contribution >= 4 is 12.1 Å². The van der Waals surface area contributed by atoms with E-state index in [1.165, 1.54) is 0 Å². The fourth-order valence-electron chi connectivity index (χ4n) is 0. The number of ketones is 1. The van der Waals surface area contributed by atoms with E-state index in [4.69, 9.17) is 4.79 Å². The summed E-state index contributed by atoms with van der Waals surface area (Å²) in [7, 11) is 0. The van der Waals surface area contributed by atoms with Crippen LogP contribution in [-0.2, 0) is 32.0 Å². The topological polar surface area (TPSA) is 34.1 Å². The van der Waals surface area contributed by atoms with Gasteiger partial charge < -0.3 is 9.59 Å². The molecule has 0 atom stereocenters. The molecule has 0 bridgehead atoms. The third-order valence-electron chi connectivity index (χ3n) is 0.144. The number of Topliss-reactive ketones (excluding diaryl/α,β-unsaturated/α-hetero) is 1. The Kier molecular flexibility index (Phi) is 7.98. The molecule has 0 spiro atoms. The van der Waals surface area contributed by atoms with Gasteiger partial charge in [-0.2, -0.15) is 6.29 Å². The summed E-state index contributed by atoms with van der Waals surface area (Å²) in [4.78, 5) is 18.4. The molecule has 2 nitrogen and oxygen atoms in total. The van der Waals surface area contributed by atoms with Crippen LogP contribution in [0.2, 0.25) is 0 Å². The quantitative estimate of drug-likeness (QED) is 0.371. The molecule has 6 heavy (non-hydrogen) atoms. The third-order valence-corrected chi connectivity index (χ3v) is 0.144. The van der Waals surface area contributed by atoms with Gasteiger partial charge in [-0.15, -0.1) is 0 Å². The van der Waals surface area contributed by atoms with Gasteiger partial charge in [0, 0.05) is 5.78 Å². The Morgan fingerprint density at radius 2 is 1.83 bits per heavy atom. The molecule has 0 N–H and O–H groups in total. The Morgan fingerprint density at radius 1 is 1.67 bits per heavy atom. The first-order valence-corrected chi connectivity index (χ1v) is 1.16. The minimum absolute atomic E-state index is 0. The maximum absolute atomic E-state index is 9.39. The Morgan fingerprint density at radius 3 is 1.83 bits per heavy atom. The zero-order valence-electron chi connectivity index (χ0n) is 3.12. The molecule has 0 saturated heterocycles. The SMILES string of the molecule is CC(=O)[C-]=O.[Au+]. The summed E-state index contributed by atoms with van der Waals surface area (Å²) in [6, 6.07) is 0. The predicted octanol–water partition coefficient (Wildman–Crippen LogP) is -0.317. The first kappa shape index (κ1) is 9.43. The number of rotatable bonds is 1. The van der Waals surface area contributed by atoms with Crippen molar-refractivity contribution in [2.24, 2.45) is 0 Å². The predicted molar refractivity (Wildman–Crippen MR) is 16.4 cm³/mol. The Hall–Kier alpha value is 0.0803. The van der Waals surface area contributed by atoms with Crippen molar-refractivity contribution in [3.05, 3.63) is 0 Å². The van der Waals surface area contributed by atoms with Crippen LogP contribution >= 0.6 is 0 Å². The second kappa shape index (κ2) is 5.08. The molecule has 0 radical (unpaired) electrons. The smallest absolute Gasteiger partial charge is 0.534 e. The van der Waals surface area contributed by atoms with Crippen LogP contribution in [0, 0.1) is 0 Å². The van der Waals surface area contributed by atoms with Crippen molar-refractivity contribution in [1.29, 1.82) is 0 Å². The summed E-state index contributed by atoms with van der Waals surface area (Å²) < 4.78 is 0. The van der Waals surface area contributed by atoms with Gasteiger partial charge in [-0.3, -0.25) is 0 Å². The Labute approximate surface area is 51.4 Å². The van der Waals surface area contributed by atoms with Crippen molar-refractivity contribution < 1.29 is 32.0 Å². The van der Waals surface area contributed by atoms with Gasteiger partial charge in [0.2, 0.25) is 0 Å². The van der Waals surface area contributed by atoms with Crippen LogP contribution < -0.4 is 0 Å². The second-order valence-electron chi connectivity index (χ2n) is 0.658. The first-order chi connectivity index (χ1) is 2.27. The summed E-state index contributed by atoms with van der Waals surface area (Å²) in [5.41, 5.74) is 0. The molecular weight excluding hydrogens is 265 g/mol. The van der Waals surface area contributed by atoms with E-state index in [0.717, 1.165) is 13.2 Å². The third kappa shape index (κ3) is 8.95. The van der Waals surface area contributed by atoms with Gasteiger partial charge in [0.05, 0.1) is 0 Å². The summed E-state index contributed by atoms with van der Waals surface area (Å²) in [5, 5.41) is 0. The van der Waals surface area contributed by atoms with E-state index in [1.807, 2.05) is 0 Å². The van der Waals surface area contributed by atoms with Crippen LogP contribution in [0.5, 0.6) is 0 Å². The Bertz CT molecular complexity index is 59.8. The van der Waals surface area contributed by atoms with E-state index in [-0.39, 0.29) is 22.4 Å². The fraction of sp³-hybridized carbons (Fsp3) is 0.333. The molecular formula is C3H3AuO2. The summed E-state index contributed by atoms with van der Waals surface area (Å²) in [6.07, 6.45) is 1.14. The van der Waals surface area contributed by atoms with Crippen LogP contribution in [0.4, 0.5) is 0 Å². The molecule has 0 aliphatic rings. The molecule has 0 aromatic carbocycles. The van der Waals surface area contributed by atoms with Crippen molar-refractivity contribution in [2.75, 3.05) is 0 Å². The van der Waals surface area contributed by atoms with Crippen molar-refractivity contribution in [3.63, 3.8) is 0 Å². The maximum Gasteiger partial charge on any atom is 1.00 e. The normalized spacial score (nSPS) is 5.50. The molecule has 0 aliphatic heterocycles. The molecule has 0 unspecified atom stereocenters. The first-order valence-electron chi connectivity index (χ1n) is 1.16.